The van der Waals surface area contributed by atoms with Crippen LogP contribution in [0.4, 0.5) is 0 Å². The zero-order valence-corrected chi connectivity index (χ0v) is 17.5. The fourth-order valence-corrected chi connectivity index (χ4v) is 6.81. The molecule has 146 valence electrons. The number of hydrogen-bond donors (Lipinski definition) is 1. The minimum absolute atomic E-state index is 0.102. The van der Waals surface area contributed by atoms with Crippen LogP contribution < -0.4 is 14.2 Å². The third kappa shape index (κ3) is 2.97. The molecule has 1 saturated heterocycles. The van der Waals surface area contributed by atoms with Crippen molar-refractivity contribution >= 4 is 43.1 Å². The monoisotopic (exact) mass is 435 g/mol. The average Bonchev–Trinajstić information content (AvgIpc) is 3.19. The third-order valence-corrected chi connectivity index (χ3v) is 8.71. The zero-order valence-electron chi connectivity index (χ0n) is 15.1. The first-order chi connectivity index (χ1) is 13.4. The van der Waals surface area contributed by atoms with Crippen LogP contribution in [0.25, 0.3) is 10.1 Å². The lowest BCUT2D eigenvalue weighted by Crippen LogP contribution is -2.39. The summed E-state index contributed by atoms with van der Waals surface area (Å²) in [6.45, 7) is 3.54. The minimum atomic E-state index is -3.95. The Balaban J connectivity index is 1.47. The van der Waals surface area contributed by atoms with Crippen molar-refractivity contribution in [3.05, 3.63) is 52.5 Å². The van der Waals surface area contributed by atoms with Crippen LogP contribution in [0.1, 0.15) is 23.5 Å². The molecule has 0 bridgehead atoms. The first-order valence-electron chi connectivity index (χ1n) is 9.07. The first-order valence-corrected chi connectivity index (χ1v) is 11.7. The Bertz CT molecular complexity index is 1190. The molecule has 28 heavy (non-hydrogen) atoms. The standard InChI is InChI=1S/C20H18ClNO4S2/c1-11-16-8-12(21)2-5-19(16)27-20(11)28(23,24)26-13-3-4-14-15-6-7-22-10-18(15)25-17(14)9-13/h2-5,8-9,15,18,22H,6-7,10H2,1H3. The van der Waals surface area contributed by atoms with Crippen LogP contribution in [0.5, 0.6) is 11.5 Å². The molecule has 2 aromatic carbocycles. The molecule has 0 radical (unpaired) electrons. The SMILES string of the molecule is Cc1c(S(=O)(=O)Oc2ccc3c(c2)OC2CNCCC32)sc2ccc(Cl)cc12. The Morgan fingerprint density at radius 1 is 1.25 bits per heavy atom. The highest BCUT2D eigenvalue weighted by Crippen LogP contribution is 2.43. The van der Waals surface area contributed by atoms with Gasteiger partial charge in [0.2, 0.25) is 0 Å². The smallest absolute Gasteiger partial charge is 0.349 e. The van der Waals surface area contributed by atoms with E-state index < -0.39 is 10.1 Å². The maximum absolute atomic E-state index is 12.9. The van der Waals surface area contributed by atoms with Crippen molar-refractivity contribution in [2.45, 2.75) is 29.6 Å². The summed E-state index contributed by atoms with van der Waals surface area (Å²) < 4.78 is 38.4. The molecule has 2 aliphatic heterocycles. The van der Waals surface area contributed by atoms with Gasteiger partial charge in [-0.2, -0.15) is 8.42 Å². The van der Waals surface area contributed by atoms with Gasteiger partial charge in [-0.1, -0.05) is 17.7 Å². The predicted molar refractivity (Wildman–Crippen MR) is 110 cm³/mol. The number of benzene rings is 2. The van der Waals surface area contributed by atoms with Crippen LogP contribution in [-0.2, 0) is 10.1 Å². The van der Waals surface area contributed by atoms with Gasteiger partial charge in [0.25, 0.3) is 0 Å². The summed E-state index contributed by atoms with van der Waals surface area (Å²) in [7, 11) is -3.95. The summed E-state index contributed by atoms with van der Waals surface area (Å²) >= 11 is 7.24. The second kappa shape index (κ2) is 6.62. The van der Waals surface area contributed by atoms with Gasteiger partial charge < -0.3 is 14.2 Å². The van der Waals surface area contributed by atoms with E-state index >= 15 is 0 Å². The molecule has 0 spiro atoms. The molecule has 0 aliphatic carbocycles. The van der Waals surface area contributed by atoms with E-state index in [1.54, 1.807) is 31.2 Å². The Morgan fingerprint density at radius 3 is 2.96 bits per heavy atom. The van der Waals surface area contributed by atoms with Crippen molar-refractivity contribution in [1.82, 2.24) is 5.32 Å². The summed E-state index contributed by atoms with van der Waals surface area (Å²) in [4.78, 5) is 0. The number of hydrogen-bond acceptors (Lipinski definition) is 6. The van der Waals surface area contributed by atoms with Crippen LogP contribution >= 0.6 is 22.9 Å². The lowest BCUT2D eigenvalue weighted by atomic mass is 9.90. The third-order valence-electron chi connectivity index (χ3n) is 5.38. The molecular formula is C20H18ClNO4S2. The van der Waals surface area contributed by atoms with Crippen LogP contribution in [0.2, 0.25) is 5.02 Å². The maximum atomic E-state index is 12.9. The Morgan fingerprint density at radius 2 is 2.11 bits per heavy atom. The minimum Gasteiger partial charge on any atom is -0.488 e. The fourth-order valence-electron chi connectivity index (χ4n) is 4.02. The lowest BCUT2D eigenvalue weighted by Gasteiger charge is -2.24. The Hall–Kier alpha value is -1.80. The predicted octanol–water partition coefficient (Wildman–Crippen LogP) is 4.47. The van der Waals surface area contributed by atoms with Gasteiger partial charge in [-0.3, -0.25) is 0 Å². The number of ether oxygens (including phenoxy) is 1. The van der Waals surface area contributed by atoms with Crippen LogP contribution in [-0.4, -0.2) is 27.6 Å². The molecule has 0 amide bonds. The van der Waals surface area contributed by atoms with Gasteiger partial charge in [0.15, 0.2) is 4.21 Å². The highest BCUT2D eigenvalue weighted by molar-refractivity contribution is 7.89. The van der Waals surface area contributed by atoms with E-state index in [9.17, 15) is 8.42 Å². The van der Waals surface area contributed by atoms with Gasteiger partial charge in [0, 0.05) is 33.8 Å². The molecule has 2 unspecified atom stereocenters. The number of rotatable bonds is 3. The quantitative estimate of drug-likeness (QED) is 0.615. The van der Waals surface area contributed by atoms with Crippen LogP contribution in [0.15, 0.2) is 40.6 Å². The summed E-state index contributed by atoms with van der Waals surface area (Å²) in [5, 5.41) is 4.73. The van der Waals surface area contributed by atoms with Crippen molar-refractivity contribution in [1.29, 1.82) is 0 Å². The summed E-state index contributed by atoms with van der Waals surface area (Å²) in [6, 6.07) is 10.7. The number of nitrogens with one attached hydrogen (secondary N) is 1. The lowest BCUT2D eigenvalue weighted by molar-refractivity contribution is 0.176. The molecule has 8 heteroatoms. The van der Waals surface area contributed by atoms with E-state index in [1.807, 2.05) is 12.1 Å². The van der Waals surface area contributed by atoms with Gasteiger partial charge in [-0.15, -0.1) is 11.3 Å². The number of thiophene rings is 1. The molecule has 1 fully saturated rings. The van der Waals surface area contributed by atoms with Gasteiger partial charge in [-0.05, 0) is 55.1 Å². The Kier molecular flexibility index (Phi) is 4.32. The normalized spacial score (nSPS) is 21.2. The highest BCUT2D eigenvalue weighted by Gasteiger charge is 2.36. The molecule has 1 aromatic heterocycles. The molecule has 2 aliphatic rings. The van der Waals surface area contributed by atoms with E-state index in [0.29, 0.717) is 22.3 Å². The molecule has 3 heterocycles. The van der Waals surface area contributed by atoms with Gasteiger partial charge in [-0.25, -0.2) is 0 Å². The van der Waals surface area contributed by atoms with Gasteiger partial charge in [0.1, 0.15) is 17.6 Å². The van der Waals surface area contributed by atoms with Crippen molar-refractivity contribution in [2.75, 3.05) is 13.1 Å². The van der Waals surface area contributed by atoms with Crippen molar-refractivity contribution in [3.8, 4) is 11.5 Å². The Labute approximate surface area is 172 Å². The molecular weight excluding hydrogens is 418 g/mol. The van der Waals surface area contributed by atoms with Crippen molar-refractivity contribution in [2.24, 2.45) is 0 Å². The molecule has 3 aromatic rings. The van der Waals surface area contributed by atoms with Crippen LogP contribution in [0, 0.1) is 6.92 Å². The second-order valence-electron chi connectivity index (χ2n) is 7.15. The van der Waals surface area contributed by atoms with E-state index in [4.69, 9.17) is 20.5 Å². The largest absolute Gasteiger partial charge is 0.488 e. The second-order valence-corrected chi connectivity index (χ2v) is 10.4. The van der Waals surface area contributed by atoms with Crippen molar-refractivity contribution in [3.63, 3.8) is 0 Å². The van der Waals surface area contributed by atoms with Gasteiger partial charge >= 0.3 is 10.1 Å². The molecule has 0 saturated carbocycles. The fraction of sp³-hybridized carbons (Fsp3) is 0.300. The van der Waals surface area contributed by atoms with Crippen LogP contribution in [0.3, 0.4) is 0 Å². The number of halogens is 1. The molecule has 5 nitrogen and oxygen atoms in total. The molecule has 1 N–H and O–H groups in total. The van der Waals surface area contributed by atoms with E-state index in [2.05, 4.69) is 5.32 Å². The number of piperidine rings is 1. The van der Waals surface area contributed by atoms with E-state index in [0.717, 1.165) is 35.2 Å². The number of fused-ring (bicyclic) bond motifs is 4. The summed E-state index contributed by atoms with van der Waals surface area (Å²) in [5.41, 5.74) is 1.78. The first kappa shape index (κ1) is 18.2. The topological polar surface area (TPSA) is 64.6 Å². The van der Waals surface area contributed by atoms with E-state index in [-0.39, 0.29) is 16.1 Å². The number of aryl methyl sites for hydroxylation is 1. The highest BCUT2D eigenvalue weighted by atomic mass is 35.5. The zero-order chi connectivity index (χ0) is 19.5. The summed E-state index contributed by atoms with van der Waals surface area (Å²) in [6.07, 6.45) is 1.12. The van der Waals surface area contributed by atoms with E-state index in [1.165, 1.54) is 11.3 Å². The summed E-state index contributed by atoms with van der Waals surface area (Å²) in [5.74, 6) is 1.34. The average molecular weight is 436 g/mol. The molecule has 5 rings (SSSR count). The maximum Gasteiger partial charge on any atom is 0.349 e. The van der Waals surface area contributed by atoms with Crippen molar-refractivity contribution < 1.29 is 17.3 Å². The molecule has 2 atom stereocenters. The van der Waals surface area contributed by atoms with Gasteiger partial charge in [0.05, 0.1) is 0 Å².